The van der Waals surface area contributed by atoms with Gasteiger partial charge < -0.3 is 20.5 Å². The van der Waals surface area contributed by atoms with Gasteiger partial charge >= 0.3 is 0 Å². The van der Waals surface area contributed by atoms with Gasteiger partial charge in [-0.05, 0) is 49.6 Å². The van der Waals surface area contributed by atoms with Crippen LogP contribution in [0.15, 0.2) is 48.7 Å². The van der Waals surface area contributed by atoms with Gasteiger partial charge in [0.15, 0.2) is 0 Å². The van der Waals surface area contributed by atoms with Gasteiger partial charge in [-0.1, -0.05) is 6.07 Å². The van der Waals surface area contributed by atoms with E-state index in [4.69, 9.17) is 15.2 Å². The van der Waals surface area contributed by atoms with Crippen molar-refractivity contribution in [3.05, 3.63) is 65.5 Å². The molecule has 1 aliphatic heterocycles. The number of hydrogen-bond acceptors (Lipinski definition) is 7. The standard InChI is InChI=1S/C24H25N5O2/c1-16-10-20(12-24(28-16)29-19-6-8-30-9-7-19)31-23-11-17(13-25)2-4-21(23)22-5-3-18(14-26)15-27-22/h2-5,10-12,15,19H,6-9,14,26H2,1H3,(H,28,29). The van der Waals surface area contributed by atoms with E-state index in [-0.39, 0.29) is 0 Å². The normalized spacial score (nSPS) is 14.1. The van der Waals surface area contributed by atoms with Gasteiger partial charge in [0.05, 0.1) is 17.3 Å². The number of nitrogens with two attached hydrogens (primary N) is 1. The van der Waals surface area contributed by atoms with E-state index in [1.807, 2.05) is 37.3 Å². The number of anilines is 1. The average molecular weight is 415 g/mol. The maximum absolute atomic E-state index is 9.36. The van der Waals surface area contributed by atoms with Crippen LogP contribution in [-0.4, -0.2) is 29.2 Å². The fourth-order valence-electron chi connectivity index (χ4n) is 3.54. The van der Waals surface area contributed by atoms with E-state index in [2.05, 4.69) is 21.4 Å². The first kappa shape index (κ1) is 20.8. The van der Waals surface area contributed by atoms with Crippen molar-refractivity contribution in [2.24, 2.45) is 5.73 Å². The Morgan fingerprint density at radius 1 is 1.19 bits per heavy atom. The summed E-state index contributed by atoms with van der Waals surface area (Å²) in [4.78, 5) is 9.11. The number of ether oxygens (including phenoxy) is 2. The molecule has 0 radical (unpaired) electrons. The topological polar surface area (TPSA) is 106 Å². The number of benzene rings is 1. The van der Waals surface area contributed by atoms with Gasteiger partial charge in [0, 0.05) is 55.4 Å². The summed E-state index contributed by atoms with van der Waals surface area (Å²) in [6, 6.07) is 15.5. The molecule has 0 bridgehead atoms. The molecule has 0 aliphatic carbocycles. The number of nitrogens with zero attached hydrogens (tertiary/aromatic N) is 3. The van der Waals surface area contributed by atoms with E-state index < -0.39 is 0 Å². The van der Waals surface area contributed by atoms with E-state index in [1.165, 1.54) is 0 Å². The number of pyridine rings is 2. The highest BCUT2D eigenvalue weighted by Crippen LogP contribution is 2.34. The van der Waals surface area contributed by atoms with Crippen molar-refractivity contribution < 1.29 is 9.47 Å². The molecular formula is C24H25N5O2. The lowest BCUT2D eigenvalue weighted by Crippen LogP contribution is -2.28. The minimum atomic E-state index is 0.332. The fourth-order valence-corrected chi connectivity index (χ4v) is 3.54. The van der Waals surface area contributed by atoms with Crippen molar-refractivity contribution in [2.45, 2.75) is 32.4 Å². The summed E-state index contributed by atoms with van der Waals surface area (Å²) in [5.74, 6) is 1.98. The molecule has 7 heteroatoms. The molecule has 1 aromatic carbocycles. The summed E-state index contributed by atoms with van der Waals surface area (Å²) < 4.78 is 11.7. The summed E-state index contributed by atoms with van der Waals surface area (Å²) in [6.07, 6.45) is 3.65. The number of nitriles is 1. The van der Waals surface area contributed by atoms with Gasteiger partial charge in [0.2, 0.25) is 0 Å². The molecule has 0 spiro atoms. The summed E-state index contributed by atoms with van der Waals surface area (Å²) in [5, 5.41) is 12.8. The molecule has 2 aromatic heterocycles. The second kappa shape index (κ2) is 9.56. The van der Waals surface area contributed by atoms with Gasteiger partial charge in [-0.15, -0.1) is 0 Å². The van der Waals surface area contributed by atoms with Crippen molar-refractivity contribution in [3.8, 4) is 28.8 Å². The zero-order chi connectivity index (χ0) is 21.6. The molecule has 3 aromatic rings. The van der Waals surface area contributed by atoms with Crippen molar-refractivity contribution in [3.63, 3.8) is 0 Å². The van der Waals surface area contributed by atoms with Crippen LogP contribution in [0.5, 0.6) is 11.5 Å². The molecule has 31 heavy (non-hydrogen) atoms. The highest BCUT2D eigenvalue weighted by atomic mass is 16.5. The van der Waals surface area contributed by atoms with Crippen LogP contribution in [0.2, 0.25) is 0 Å². The van der Waals surface area contributed by atoms with Gasteiger partial charge in [0.25, 0.3) is 0 Å². The summed E-state index contributed by atoms with van der Waals surface area (Å²) in [7, 11) is 0. The SMILES string of the molecule is Cc1cc(Oc2cc(C#N)ccc2-c2ccc(CN)cn2)cc(NC2CCOCC2)n1. The van der Waals surface area contributed by atoms with E-state index in [0.717, 1.165) is 54.4 Å². The third-order valence-electron chi connectivity index (χ3n) is 5.18. The second-order valence-corrected chi connectivity index (χ2v) is 7.54. The van der Waals surface area contributed by atoms with E-state index in [9.17, 15) is 5.26 Å². The van der Waals surface area contributed by atoms with Crippen LogP contribution >= 0.6 is 0 Å². The zero-order valence-corrected chi connectivity index (χ0v) is 17.5. The third-order valence-corrected chi connectivity index (χ3v) is 5.18. The Bertz CT molecular complexity index is 1090. The lowest BCUT2D eigenvalue weighted by molar-refractivity contribution is 0.0904. The predicted octanol–water partition coefficient (Wildman–Crippen LogP) is 4.17. The van der Waals surface area contributed by atoms with Gasteiger partial charge in [-0.2, -0.15) is 5.26 Å². The minimum Gasteiger partial charge on any atom is -0.456 e. The second-order valence-electron chi connectivity index (χ2n) is 7.54. The molecule has 0 saturated carbocycles. The maximum atomic E-state index is 9.36. The largest absolute Gasteiger partial charge is 0.456 e. The molecule has 3 heterocycles. The van der Waals surface area contributed by atoms with E-state index in [0.29, 0.717) is 29.6 Å². The Morgan fingerprint density at radius 2 is 2.03 bits per heavy atom. The Labute approximate surface area is 181 Å². The number of hydrogen-bond donors (Lipinski definition) is 2. The molecule has 0 amide bonds. The maximum Gasteiger partial charge on any atom is 0.138 e. The first-order valence-corrected chi connectivity index (χ1v) is 10.3. The van der Waals surface area contributed by atoms with Crippen molar-refractivity contribution in [2.75, 3.05) is 18.5 Å². The number of aryl methyl sites for hydroxylation is 1. The molecule has 1 aliphatic rings. The molecule has 1 saturated heterocycles. The Balaban J connectivity index is 1.64. The molecule has 0 unspecified atom stereocenters. The molecule has 1 fully saturated rings. The fraction of sp³-hybridized carbons (Fsp3) is 0.292. The average Bonchev–Trinajstić information content (AvgIpc) is 2.79. The first-order valence-electron chi connectivity index (χ1n) is 10.3. The van der Waals surface area contributed by atoms with Crippen LogP contribution in [-0.2, 0) is 11.3 Å². The number of nitrogens with one attached hydrogen (secondary N) is 1. The third kappa shape index (κ3) is 5.18. The van der Waals surface area contributed by atoms with Gasteiger partial charge in [-0.25, -0.2) is 4.98 Å². The summed E-state index contributed by atoms with van der Waals surface area (Å²) >= 11 is 0. The highest BCUT2D eigenvalue weighted by Gasteiger charge is 2.16. The van der Waals surface area contributed by atoms with Gasteiger partial charge in [0.1, 0.15) is 17.3 Å². The molecule has 3 N–H and O–H groups in total. The number of rotatable bonds is 6. The minimum absolute atomic E-state index is 0.332. The lowest BCUT2D eigenvalue weighted by Gasteiger charge is -2.24. The van der Waals surface area contributed by atoms with Gasteiger partial charge in [-0.3, -0.25) is 4.98 Å². The first-order chi connectivity index (χ1) is 15.1. The lowest BCUT2D eigenvalue weighted by atomic mass is 10.1. The van der Waals surface area contributed by atoms with Crippen LogP contribution in [0.3, 0.4) is 0 Å². The smallest absolute Gasteiger partial charge is 0.138 e. The quantitative estimate of drug-likeness (QED) is 0.622. The Kier molecular flexibility index (Phi) is 6.41. The van der Waals surface area contributed by atoms with Crippen LogP contribution in [0.1, 0.15) is 29.7 Å². The van der Waals surface area contributed by atoms with Crippen LogP contribution in [0.25, 0.3) is 11.3 Å². The highest BCUT2D eigenvalue weighted by molar-refractivity contribution is 5.69. The molecular weight excluding hydrogens is 390 g/mol. The molecule has 158 valence electrons. The Morgan fingerprint density at radius 3 is 2.74 bits per heavy atom. The van der Waals surface area contributed by atoms with E-state index in [1.54, 1.807) is 18.3 Å². The van der Waals surface area contributed by atoms with Crippen molar-refractivity contribution in [1.29, 1.82) is 5.26 Å². The molecule has 7 nitrogen and oxygen atoms in total. The molecule has 0 atom stereocenters. The van der Waals surface area contributed by atoms with Crippen molar-refractivity contribution >= 4 is 5.82 Å². The summed E-state index contributed by atoms with van der Waals surface area (Å²) in [5.41, 5.74) is 9.55. The predicted molar refractivity (Wildman–Crippen MR) is 119 cm³/mol. The van der Waals surface area contributed by atoms with Crippen LogP contribution in [0.4, 0.5) is 5.82 Å². The number of aromatic nitrogens is 2. The van der Waals surface area contributed by atoms with Crippen LogP contribution < -0.4 is 15.8 Å². The monoisotopic (exact) mass is 415 g/mol. The van der Waals surface area contributed by atoms with Crippen LogP contribution in [0, 0.1) is 18.3 Å². The van der Waals surface area contributed by atoms with Crippen molar-refractivity contribution in [1.82, 2.24) is 9.97 Å². The Hall–Kier alpha value is -3.47. The molecule has 4 rings (SSSR count). The zero-order valence-electron chi connectivity index (χ0n) is 17.5. The van der Waals surface area contributed by atoms with E-state index >= 15 is 0 Å². The summed E-state index contributed by atoms with van der Waals surface area (Å²) in [6.45, 7) is 3.88.